The normalized spacial score (nSPS) is 14.1. The molecule has 0 fully saturated rings. The van der Waals surface area contributed by atoms with Crippen molar-refractivity contribution in [3.05, 3.63) is 350 Å². The number of unbranched alkanes of at least 4 members (excludes halogenated alkanes) is 6. The van der Waals surface area contributed by atoms with Crippen molar-refractivity contribution in [2.24, 2.45) is 5.92 Å². The summed E-state index contributed by atoms with van der Waals surface area (Å²) in [6.45, 7) is 36.4. The number of halogens is 4. The minimum absolute atomic E-state index is 0.0125. The maximum atomic E-state index is 5.82. The van der Waals surface area contributed by atoms with Crippen LogP contribution in [0.25, 0.3) is 71.4 Å². The molecule has 7 heteroatoms. The van der Waals surface area contributed by atoms with E-state index in [1.54, 1.807) is 0 Å². The van der Waals surface area contributed by atoms with Gasteiger partial charge >= 0.3 is 75.7 Å². The Balaban J connectivity index is 0.000000151. The summed E-state index contributed by atoms with van der Waals surface area (Å²) in [5.74, 6) is 2.10. The number of allylic oxidation sites excluding steroid dienone is 5. The molecule has 4 aliphatic carbocycles. The SMILES string of the molecule is CC(C)(C)OCCCCCC1=CC(CC2c3ccccc3-c3ccccc32)C=C1.CC(C)(C)c1ccc2c(c1)[cH-]c1cc(C(C)(C)C)ccc12.CC1=Cc2ccccc2C1CC1c2ccccc2-c2ccccc21.CCCCCCc1ccc2c(c1)[cH-]c1ccccc12.CCCCc1cc[cH-]c1.Cc1[cH-]c(C)c(C)c1C.[Cl][Zr+2][Cl].[Cl][Zr+2][Cl]. The molecule has 0 spiro atoms. The standard InChI is InChI=1S/C28H34O.C24H20.C21H25.C19H21.2C9H13.4ClH.2Zr/c1-28(2,3)29-18-10-4-5-11-21-16-17-22(19-21)20-27-25-14-8-6-12-23(25)24-13-7-9-15-26(24)27;1-16-14-17-8-2-3-9-18(17)23(16)15-24-21-12-6-4-10-19(21)20-11-5-7-13-22(20)24;1-20(2,3)16-7-9-18-14(12-16)11-15-13-17(21(4,5)6)8-10-19(15)18;1-2-3-4-5-8-15-11-12-19-17(13-15)14-16-9-6-7-10-18(16)19;1-6-5-7(2)9(4)8(6)3;1-2-3-6-9-7-4-5-8-9;;;;;;/h6-9,12-17,19,22,27H,4-5,10-11,18,20H2,1-3H3;2-14,23-24H,15H2,1H3;7-13H,1-6H3;6-7,9-14H,2-5,8H2,1H3;5H,1-4H3;4-5,7-8H,2-3,6H2,1H3;4*1H;;/q;;4*-1;;;;;2*+4/p-4. The zero-order valence-corrected chi connectivity index (χ0v) is 80.7. The first-order valence-corrected chi connectivity index (χ1v) is 55.6. The van der Waals surface area contributed by atoms with Crippen LogP contribution in [0.15, 0.2) is 272 Å². The zero-order valence-electron chi connectivity index (χ0n) is 72.7. The van der Waals surface area contributed by atoms with Gasteiger partial charge in [0.2, 0.25) is 0 Å². The molecule has 0 amide bonds. The van der Waals surface area contributed by atoms with E-state index in [-0.39, 0.29) is 16.4 Å². The first-order chi connectivity index (χ1) is 56.3. The van der Waals surface area contributed by atoms with Gasteiger partial charge in [0.15, 0.2) is 0 Å². The summed E-state index contributed by atoms with van der Waals surface area (Å²) >= 11 is -1.65. The molecule has 0 saturated heterocycles. The van der Waals surface area contributed by atoms with Gasteiger partial charge in [-0.3, -0.25) is 0 Å². The quantitative estimate of drug-likeness (QED) is 0.0615. The summed E-state index contributed by atoms with van der Waals surface area (Å²) in [6, 6.07) is 89.6. The molecule has 4 aliphatic rings. The fraction of sp³-hybridized carbons (Fsp3) is 0.345. The molecule has 0 aliphatic heterocycles. The predicted octanol–water partition coefficient (Wildman–Crippen LogP) is 34.3. The molecule has 117 heavy (non-hydrogen) atoms. The Morgan fingerprint density at radius 2 is 0.846 bits per heavy atom. The van der Waals surface area contributed by atoms with E-state index >= 15 is 0 Å². The van der Waals surface area contributed by atoms with E-state index in [1.807, 2.05) is 0 Å². The molecule has 0 radical (unpaired) electrons. The number of benzene rings is 9. The molecule has 17 rings (SSSR count). The van der Waals surface area contributed by atoms with Gasteiger partial charge < -0.3 is 4.74 Å². The third-order valence-electron chi connectivity index (χ3n) is 24.0. The molecule has 0 N–H and O–H groups in total. The maximum absolute atomic E-state index is 5.82. The Morgan fingerprint density at radius 3 is 1.34 bits per heavy atom. The first-order valence-electron chi connectivity index (χ1n) is 43.0. The second kappa shape index (κ2) is 44.9. The number of hydrogen-bond acceptors (Lipinski definition) is 1. The molecule has 2 atom stereocenters. The third-order valence-corrected chi connectivity index (χ3v) is 24.0. The Bertz CT molecular complexity index is 5190. The summed E-state index contributed by atoms with van der Waals surface area (Å²) in [5.41, 5.74) is 29.5. The average Bonchev–Trinajstić information content (AvgIpc) is 1.61. The van der Waals surface area contributed by atoms with Crippen LogP contribution in [0.5, 0.6) is 0 Å². The first kappa shape index (κ1) is 92.8. The fourth-order valence-corrected chi connectivity index (χ4v) is 17.3. The van der Waals surface area contributed by atoms with Gasteiger partial charge in [-0.2, -0.15) is 52.1 Å². The van der Waals surface area contributed by atoms with Gasteiger partial charge in [0.1, 0.15) is 0 Å². The molecule has 1 nitrogen and oxygen atoms in total. The van der Waals surface area contributed by atoms with Crippen LogP contribution in [-0.4, -0.2) is 12.2 Å². The molecule has 0 heterocycles. The Labute approximate surface area is 742 Å². The summed E-state index contributed by atoms with van der Waals surface area (Å²) < 4.78 is 5.82. The van der Waals surface area contributed by atoms with Crippen LogP contribution in [-0.2, 0) is 70.1 Å². The summed E-state index contributed by atoms with van der Waals surface area (Å²) in [6.07, 6.45) is 27.3. The van der Waals surface area contributed by atoms with Crippen LogP contribution >= 0.6 is 34.1 Å². The van der Waals surface area contributed by atoms with Gasteiger partial charge in [-0.25, -0.2) is 6.07 Å². The van der Waals surface area contributed by atoms with E-state index in [9.17, 15) is 0 Å². The van der Waals surface area contributed by atoms with Crippen molar-refractivity contribution in [2.45, 2.75) is 235 Å². The summed E-state index contributed by atoms with van der Waals surface area (Å²) in [5, 5.41) is 11.0. The monoisotopic (exact) mass is 1780 g/mol. The average molecular weight is 1790 g/mol. The Morgan fingerprint density at radius 1 is 0.402 bits per heavy atom. The number of aryl methyl sites for hydroxylation is 4. The third kappa shape index (κ3) is 25.6. The van der Waals surface area contributed by atoms with E-state index in [0.29, 0.717) is 23.7 Å². The van der Waals surface area contributed by atoms with Crippen LogP contribution in [0.3, 0.4) is 0 Å². The van der Waals surface area contributed by atoms with Crippen molar-refractivity contribution in [3.8, 4) is 22.3 Å². The van der Waals surface area contributed by atoms with Crippen LogP contribution < -0.4 is 0 Å². The van der Waals surface area contributed by atoms with Gasteiger partial charge in [-0.15, -0.1) is 79.5 Å². The van der Waals surface area contributed by atoms with Gasteiger partial charge in [-0.05, 0) is 145 Å². The van der Waals surface area contributed by atoms with Gasteiger partial charge in [0.05, 0.1) is 5.60 Å². The van der Waals surface area contributed by atoms with E-state index in [1.165, 1.54) is 231 Å². The number of rotatable bonds is 18. The molecule has 0 bridgehead atoms. The molecule has 608 valence electrons. The number of fused-ring (bicyclic) bond motifs is 13. The molecule has 0 saturated carbocycles. The van der Waals surface area contributed by atoms with Crippen LogP contribution in [0.2, 0.25) is 0 Å². The topological polar surface area (TPSA) is 9.23 Å². The van der Waals surface area contributed by atoms with Crippen LogP contribution in [0, 0.1) is 33.6 Å². The van der Waals surface area contributed by atoms with E-state index < -0.39 is 41.7 Å². The van der Waals surface area contributed by atoms with Crippen molar-refractivity contribution in [1.29, 1.82) is 0 Å². The molecule has 13 aromatic carbocycles. The fourth-order valence-electron chi connectivity index (χ4n) is 17.3. The zero-order chi connectivity index (χ0) is 83.8. The molecular formula is C110H126Cl4OZr2. The van der Waals surface area contributed by atoms with Crippen molar-refractivity contribution in [2.75, 3.05) is 6.61 Å². The van der Waals surface area contributed by atoms with Crippen LogP contribution in [0.4, 0.5) is 0 Å². The number of ether oxygens (including phenoxy) is 1. The number of hydrogen-bond donors (Lipinski definition) is 0. The second-order valence-corrected chi connectivity index (χ2v) is 43.0. The molecular weight excluding hydrogens is 1660 g/mol. The van der Waals surface area contributed by atoms with E-state index in [2.05, 4.69) is 378 Å². The minimum atomic E-state index is -0.826. The van der Waals surface area contributed by atoms with Gasteiger partial charge in [0.25, 0.3) is 0 Å². The van der Waals surface area contributed by atoms with Gasteiger partial charge in [0, 0.05) is 24.4 Å². The summed E-state index contributed by atoms with van der Waals surface area (Å²) in [4.78, 5) is 0. The van der Waals surface area contributed by atoms with Crippen molar-refractivity contribution in [1.82, 2.24) is 0 Å². The predicted molar refractivity (Wildman–Crippen MR) is 509 cm³/mol. The van der Waals surface area contributed by atoms with E-state index in [4.69, 9.17) is 38.8 Å². The van der Waals surface area contributed by atoms with Crippen molar-refractivity contribution in [3.63, 3.8) is 0 Å². The second-order valence-electron chi connectivity index (χ2n) is 35.5. The Kier molecular flexibility index (Phi) is 35.6. The van der Waals surface area contributed by atoms with Crippen molar-refractivity contribution >= 4 is 83.2 Å². The molecule has 2 unspecified atom stereocenters. The molecule has 13 aromatic rings. The van der Waals surface area contributed by atoms with Crippen LogP contribution in [0.1, 0.15) is 256 Å². The van der Waals surface area contributed by atoms with E-state index in [0.717, 1.165) is 19.4 Å². The van der Waals surface area contributed by atoms with Crippen molar-refractivity contribution < 1.29 is 46.4 Å². The Hall–Kier alpha value is -6.47. The summed E-state index contributed by atoms with van der Waals surface area (Å²) in [7, 11) is 19.7. The molecule has 0 aromatic heterocycles. The van der Waals surface area contributed by atoms with Gasteiger partial charge in [-0.1, -0.05) is 356 Å².